The van der Waals surface area contributed by atoms with E-state index in [2.05, 4.69) is 30.2 Å². The van der Waals surface area contributed by atoms with Crippen LogP contribution in [-0.4, -0.2) is 30.8 Å². The molecular formula is C22H17FN6O. The average molecular weight is 400 g/mol. The van der Waals surface area contributed by atoms with E-state index in [1.54, 1.807) is 62.2 Å². The molecule has 0 aliphatic carbocycles. The third kappa shape index (κ3) is 4.33. The van der Waals surface area contributed by atoms with E-state index in [1.165, 1.54) is 6.20 Å². The smallest absolute Gasteiger partial charge is 0.230 e. The molecule has 0 aromatic carbocycles. The van der Waals surface area contributed by atoms with Gasteiger partial charge in [-0.05, 0) is 36.8 Å². The zero-order valence-corrected chi connectivity index (χ0v) is 16.1. The number of anilines is 1. The second-order valence-corrected chi connectivity index (χ2v) is 6.57. The Labute approximate surface area is 172 Å². The molecule has 0 aliphatic heterocycles. The number of carbonyl (C=O) groups is 1. The average Bonchev–Trinajstić information content (AvgIpc) is 2.77. The first-order valence-electron chi connectivity index (χ1n) is 9.19. The fraction of sp³-hybridized carbons (Fsp3) is 0.0909. The second kappa shape index (κ2) is 8.52. The molecule has 8 heteroatoms. The molecule has 1 N–H and O–H groups in total. The molecule has 0 saturated carbocycles. The van der Waals surface area contributed by atoms with Gasteiger partial charge in [-0.1, -0.05) is 6.07 Å². The van der Waals surface area contributed by atoms with Gasteiger partial charge < -0.3 is 5.32 Å². The van der Waals surface area contributed by atoms with Crippen molar-refractivity contribution in [3.05, 3.63) is 84.6 Å². The van der Waals surface area contributed by atoms with Gasteiger partial charge in [-0.25, -0.2) is 9.97 Å². The van der Waals surface area contributed by atoms with Crippen molar-refractivity contribution in [2.75, 3.05) is 5.32 Å². The van der Waals surface area contributed by atoms with E-state index in [9.17, 15) is 9.18 Å². The summed E-state index contributed by atoms with van der Waals surface area (Å²) in [6, 6.07) is 8.80. The molecule has 0 aliphatic rings. The summed E-state index contributed by atoms with van der Waals surface area (Å²) in [5.41, 5.74) is 3.98. The number of halogens is 1. The van der Waals surface area contributed by atoms with Crippen LogP contribution in [0, 0.1) is 12.9 Å². The lowest BCUT2D eigenvalue weighted by Gasteiger charge is -2.08. The Balaban J connectivity index is 1.40. The van der Waals surface area contributed by atoms with Gasteiger partial charge in [0, 0.05) is 47.7 Å². The van der Waals surface area contributed by atoms with Gasteiger partial charge in [0.15, 0.2) is 0 Å². The molecule has 4 rings (SSSR count). The summed E-state index contributed by atoms with van der Waals surface area (Å²) in [6.07, 6.45) is 9.64. The summed E-state index contributed by atoms with van der Waals surface area (Å²) >= 11 is 0. The van der Waals surface area contributed by atoms with Gasteiger partial charge in [0.25, 0.3) is 0 Å². The molecule has 4 aromatic rings. The fourth-order valence-electron chi connectivity index (χ4n) is 2.92. The number of carbonyl (C=O) groups excluding carboxylic acids is 1. The lowest BCUT2D eigenvalue weighted by atomic mass is 10.1. The van der Waals surface area contributed by atoms with Crippen molar-refractivity contribution < 1.29 is 9.18 Å². The predicted octanol–water partition coefficient (Wildman–Crippen LogP) is 3.62. The van der Waals surface area contributed by atoms with Crippen LogP contribution in [0.4, 0.5) is 10.2 Å². The Morgan fingerprint density at radius 3 is 2.50 bits per heavy atom. The normalized spacial score (nSPS) is 10.6. The number of pyridine rings is 3. The fourth-order valence-corrected chi connectivity index (χ4v) is 2.92. The SMILES string of the molecule is Cc1c(-c2ccc(CC(=O)Nc3ccc(-c4cnccn4)cn3)cn2)ccnc1F. The van der Waals surface area contributed by atoms with Gasteiger partial charge in [0.05, 0.1) is 24.0 Å². The summed E-state index contributed by atoms with van der Waals surface area (Å²) in [6.45, 7) is 1.66. The quantitative estimate of drug-likeness (QED) is 0.514. The van der Waals surface area contributed by atoms with Crippen LogP contribution in [0.5, 0.6) is 0 Å². The van der Waals surface area contributed by atoms with E-state index >= 15 is 0 Å². The van der Waals surface area contributed by atoms with Crippen molar-refractivity contribution in [3.63, 3.8) is 0 Å². The number of amides is 1. The molecule has 0 unspecified atom stereocenters. The number of hydrogen-bond donors (Lipinski definition) is 1. The maximum Gasteiger partial charge on any atom is 0.230 e. The molecule has 148 valence electrons. The molecule has 4 aromatic heterocycles. The third-order valence-corrected chi connectivity index (χ3v) is 4.50. The molecule has 0 radical (unpaired) electrons. The lowest BCUT2D eigenvalue weighted by molar-refractivity contribution is -0.115. The number of rotatable bonds is 5. The first-order chi connectivity index (χ1) is 14.6. The van der Waals surface area contributed by atoms with Crippen LogP contribution in [0.1, 0.15) is 11.1 Å². The molecular weight excluding hydrogens is 383 g/mol. The van der Waals surface area contributed by atoms with Gasteiger partial charge in [-0.2, -0.15) is 4.39 Å². The summed E-state index contributed by atoms with van der Waals surface area (Å²) < 4.78 is 13.6. The van der Waals surface area contributed by atoms with Crippen LogP contribution in [0.2, 0.25) is 0 Å². The van der Waals surface area contributed by atoms with Crippen molar-refractivity contribution in [3.8, 4) is 22.5 Å². The van der Waals surface area contributed by atoms with E-state index in [1.807, 2.05) is 6.07 Å². The van der Waals surface area contributed by atoms with Crippen molar-refractivity contribution in [2.24, 2.45) is 0 Å². The molecule has 0 atom stereocenters. The van der Waals surface area contributed by atoms with E-state index < -0.39 is 5.95 Å². The minimum Gasteiger partial charge on any atom is -0.310 e. The van der Waals surface area contributed by atoms with Crippen molar-refractivity contribution in [1.29, 1.82) is 0 Å². The highest BCUT2D eigenvalue weighted by atomic mass is 19.1. The third-order valence-electron chi connectivity index (χ3n) is 4.50. The van der Waals surface area contributed by atoms with Crippen LogP contribution >= 0.6 is 0 Å². The van der Waals surface area contributed by atoms with Gasteiger partial charge in [-0.15, -0.1) is 0 Å². The Morgan fingerprint density at radius 2 is 1.80 bits per heavy atom. The first kappa shape index (κ1) is 19.3. The standard InChI is InChI=1S/C22H17FN6O/c1-14-17(6-7-26-22(14)23)18-4-2-15(11-27-18)10-21(30)29-20-5-3-16(12-28-20)19-13-24-8-9-25-19/h2-9,11-13H,10H2,1H3,(H,28,29,30). The first-order valence-corrected chi connectivity index (χ1v) is 9.19. The van der Waals surface area contributed by atoms with E-state index in [4.69, 9.17) is 0 Å². The van der Waals surface area contributed by atoms with Crippen LogP contribution < -0.4 is 5.32 Å². The second-order valence-electron chi connectivity index (χ2n) is 6.57. The molecule has 0 saturated heterocycles. The van der Waals surface area contributed by atoms with Crippen molar-refractivity contribution in [1.82, 2.24) is 24.9 Å². The van der Waals surface area contributed by atoms with E-state index in [0.29, 0.717) is 28.3 Å². The molecule has 0 bridgehead atoms. The van der Waals surface area contributed by atoms with Crippen LogP contribution in [0.3, 0.4) is 0 Å². The van der Waals surface area contributed by atoms with Crippen molar-refractivity contribution in [2.45, 2.75) is 13.3 Å². The summed E-state index contributed by atoms with van der Waals surface area (Å²) in [5.74, 6) is -0.286. The topological polar surface area (TPSA) is 93.6 Å². The van der Waals surface area contributed by atoms with Gasteiger partial charge in [-0.3, -0.25) is 19.7 Å². The molecule has 1 amide bonds. The highest BCUT2D eigenvalue weighted by Crippen LogP contribution is 2.22. The molecule has 30 heavy (non-hydrogen) atoms. The van der Waals surface area contributed by atoms with Crippen LogP contribution in [0.25, 0.3) is 22.5 Å². The zero-order chi connectivity index (χ0) is 20.9. The molecule has 4 heterocycles. The number of nitrogens with one attached hydrogen (secondary N) is 1. The Kier molecular flexibility index (Phi) is 5.47. The monoisotopic (exact) mass is 400 g/mol. The Morgan fingerprint density at radius 1 is 0.900 bits per heavy atom. The minimum atomic E-state index is -0.518. The summed E-state index contributed by atoms with van der Waals surface area (Å²) in [5, 5.41) is 2.76. The van der Waals surface area contributed by atoms with E-state index in [0.717, 1.165) is 11.1 Å². The highest BCUT2D eigenvalue weighted by molar-refractivity contribution is 5.91. The van der Waals surface area contributed by atoms with Gasteiger partial charge in [0.1, 0.15) is 5.82 Å². The summed E-state index contributed by atoms with van der Waals surface area (Å²) in [7, 11) is 0. The minimum absolute atomic E-state index is 0.143. The van der Waals surface area contributed by atoms with Crippen LogP contribution in [0.15, 0.2) is 67.5 Å². The molecule has 7 nitrogen and oxygen atoms in total. The van der Waals surface area contributed by atoms with Gasteiger partial charge >= 0.3 is 0 Å². The number of aromatic nitrogens is 5. The largest absolute Gasteiger partial charge is 0.310 e. The predicted molar refractivity (Wildman–Crippen MR) is 110 cm³/mol. The number of hydrogen-bond acceptors (Lipinski definition) is 6. The molecule has 0 fully saturated rings. The van der Waals surface area contributed by atoms with Crippen molar-refractivity contribution >= 4 is 11.7 Å². The zero-order valence-electron chi connectivity index (χ0n) is 16.1. The van der Waals surface area contributed by atoms with E-state index in [-0.39, 0.29) is 12.3 Å². The Bertz CT molecular complexity index is 1160. The lowest BCUT2D eigenvalue weighted by Crippen LogP contribution is -2.15. The van der Waals surface area contributed by atoms with Crippen LogP contribution in [-0.2, 0) is 11.2 Å². The maximum absolute atomic E-state index is 13.6. The molecule has 0 spiro atoms. The number of nitrogens with zero attached hydrogens (tertiary/aromatic N) is 5. The maximum atomic E-state index is 13.6. The highest BCUT2D eigenvalue weighted by Gasteiger charge is 2.10. The summed E-state index contributed by atoms with van der Waals surface area (Å²) in [4.78, 5) is 32.8. The Hall–Kier alpha value is -4.07. The van der Waals surface area contributed by atoms with Gasteiger partial charge in [0.2, 0.25) is 11.9 Å².